The minimum absolute atomic E-state index is 0.0414. The standard InChI is InChI=1S/C13H13Br2NOS/c14-10-3-1-2-9(6-10)8-17-11(7-16)12-4-5-13(15)18-12/h1-6,11H,7-8,16H2. The van der Waals surface area contributed by atoms with Crippen molar-refractivity contribution in [3.8, 4) is 0 Å². The van der Waals surface area contributed by atoms with Crippen LogP contribution >= 0.6 is 43.2 Å². The first-order valence-electron chi connectivity index (χ1n) is 5.50. The smallest absolute Gasteiger partial charge is 0.104 e. The number of ether oxygens (including phenoxy) is 1. The van der Waals surface area contributed by atoms with E-state index in [2.05, 4.69) is 37.9 Å². The average Bonchev–Trinajstić information content (AvgIpc) is 2.77. The van der Waals surface area contributed by atoms with Crippen LogP contribution in [-0.2, 0) is 11.3 Å². The van der Waals surface area contributed by atoms with Crippen LogP contribution in [0.4, 0.5) is 0 Å². The van der Waals surface area contributed by atoms with E-state index in [1.165, 1.54) is 0 Å². The van der Waals surface area contributed by atoms with Crippen LogP contribution in [0.25, 0.3) is 0 Å². The van der Waals surface area contributed by atoms with Gasteiger partial charge in [-0.25, -0.2) is 0 Å². The SMILES string of the molecule is NCC(OCc1cccc(Br)c1)c1ccc(Br)s1. The zero-order valence-electron chi connectivity index (χ0n) is 9.61. The van der Waals surface area contributed by atoms with E-state index in [0.717, 1.165) is 18.7 Å². The van der Waals surface area contributed by atoms with Gasteiger partial charge in [-0.15, -0.1) is 11.3 Å². The lowest BCUT2D eigenvalue weighted by Crippen LogP contribution is -2.14. The minimum atomic E-state index is -0.0414. The van der Waals surface area contributed by atoms with Gasteiger partial charge < -0.3 is 10.5 Å². The van der Waals surface area contributed by atoms with Gasteiger partial charge in [-0.2, -0.15) is 0 Å². The van der Waals surface area contributed by atoms with E-state index >= 15 is 0 Å². The van der Waals surface area contributed by atoms with Crippen LogP contribution in [-0.4, -0.2) is 6.54 Å². The predicted octanol–water partition coefficient (Wildman–Crippen LogP) is 4.49. The summed E-state index contributed by atoms with van der Waals surface area (Å²) in [5.41, 5.74) is 6.90. The van der Waals surface area contributed by atoms with Crippen molar-refractivity contribution in [2.24, 2.45) is 5.73 Å². The van der Waals surface area contributed by atoms with Crippen LogP contribution in [0.2, 0.25) is 0 Å². The Labute approximate surface area is 127 Å². The van der Waals surface area contributed by atoms with E-state index in [0.29, 0.717) is 13.2 Å². The molecule has 0 bridgehead atoms. The highest BCUT2D eigenvalue weighted by Gasteiger charge is 2.12. The van der Waals surface area contributed by atoms with E-state index in [9.17, 15) is 0 Å². The molecule has 0 aliphatic rings. The molecule has 2 rings (SSSR count). The zero-order valence-corrected chi connectivity index (χ0v) is 13.6. The van der Waals surface area contributed by atoms with Crippen molar-refractivity contribution in [2.45, 2.75) is 12.7 Å². The van der Waals surface area contributed by atoms with Crippen LogP contribution in [0.1, 0.15) is 16.5 Å². The number of rotatable bonds is 5. The van der Waals surface area contributed by atoms with Crippen molar-refractivity contribution in [1.29, 1.82) is 0 Å². The molecule has 0 spiro atoms. The summed E-state index contributed by atoms with van der Waals surface area (Å²) in [5.74, 6) is 0. The maximum atomic E-state index is 5.88. The van der Waals surface area contributed by atoms with Gasteiger partial charge in [-0.05, 0) is 45.8 Å². The highest BCUT2D eigenvalue weighted by molar-refractivity contribution is 9.11. The Bertz CT molecular complexity index is 515. The fourth-order valence-electron chi connectivity index (χ4n) is 1.59. The number of nitrogens with two attached hydrogens (primary N) is 1. The molecule has 0 saturated carbocycles. The fraction of sp³-hybridized carbons (Fsp3) is 0.231. The van der Waals surface area contributed by atoms with E-state index in [1.807, 2.05) is 30.3 Å². The summed E-state index contributed by atoms with van der Waals surface area (Å²) >= 11 is 8.56. The molecule has 0 radical (unpaired) electrons. The Kier molecular flexibility index (Phi) is 5.38. The molecule has 96 valence electrons. The quantitative estimate of drug-likeness (QED) is 0.816. The number of halogens is 2. The van der Waals surface area contributed by atoms with Gasteiger partial charge in [0.25, 0.3) is 0 Å². The molecule has 0 aliphatic carbocycles. The van der Waals surface area contributed by atoms with Gasteiger partial charge >= 0.3 is 0 Å². The number of hydrogen-bond donors (Lipinski definition) is 1. The maximum Gasteiger partial charge on any atom is 0.104 e. The highest BCUT2D eigenvalue weighted by atomic mass is 79.9. The largest absolute Gasteiger partial charge is 0.367 e. The summed E-state index contributed by atoms with van der Waals surface area (Å²) in [6.45, 7) is 1.05. The van der Waals surface area contributed by atoms with Crippen molar-refractivity contribution in [1.82, 2.24) is 0 Å². The molecule has 2 aromatic rings. The molecular weight excluding hydrogens is 378 g/mol. The minimum Gasteiger partial charge on any atom is -0.367 e. The summed E-state index contributed by atoms with van der Waals surface area (Å²) in [7, 11) is 0. The third kappa shape index (κ3) is 3.90. The van der Waals surface area contributed by atoms with Crippen LogP contribution in [0.15, 0.2) is 44.7 Å². The van der Waals surface area contributed by atoms with Crippen LogP contribution < -0.4 is 5.73 Å². The Balaban J connectivity index is 1.99. The molecule has 1 atom stereocenters. The molecular formula is C13H13Br2NOS. The van der Waals surface area contributed by atoms with Crippen molar-refractivity contribution in [3.05, 3.63) is 55.1 Å². The molecule has 18 heavy (non-hydrogen) atoms. The van der Waals surface area contributed by atoms with Gasteiger partial charge in [0.15, 0.2) is 0 Å². The molecule has 0 aliphatic heterocycles. The number of benzene rings is 1. The monoisotopic (exact) mass is 389 g/mol. The normalized spacial score (nSPS) is 12.6. The topological polar surface area (TPSA) is 35.2 Å². The van der Waals surface area contributed by atoms with Gasteiger partial charge in [-0.3, -0.25) is 0 Å². The van der Waals surface area contributed by atoms with Crippen molar-refractivity contribution in [2.75, 3.05) is 6.54 Å². The van der Waals surface area contributed by atoms with Crippen molar-refractivity contribution >= 4 is 43.2 Å². The lowest BCUT2D eigenvalue weighted by molar-refractivity contribution is 0.0479. The molecule has 0 fully saturated rings. The Morgan fingerprint density at radius 1 is 1.22 bits per heavy atom. The second-order valence-electron chi connectivity index (χ2n) is 3.81. The predicted molar refractivity (Wildman–Crippen MR) is 82.7 cm³/mol. The Morgan fingerprint density at radius 3 is 2.67 bits per heavy atom. The first-order valence-corrected chi connectivity index (χ1v) is 7.90. The number of thiophene rings is 1. The fourth-order valence-corrected chi connectivity index (χ4v) is 3.52. The van der Waals surface area contributed by atoms with E-state index < -0.39 is 0 Å². The average molecular weight is 391 g/mol. The first kappa shape index (κ1) is 14.2. The second kappa shape index (κ2) is 6.82. The summed E-state index contributed by atoms with van der Waals surface area (Å²) in [6, 6.07) is 12.2. The van der Waals surface area contributed by atoms with Gasteiger partial charge in [0.2, 0.25) is 0 Å². The molecule has 2 N–H and O–H groups in total. The molecule has 1 unspecified atom stereocenters. The van der Waals surface area contributed by atoms with Crippen LogP contribution in [0, 0.1) is 0 Å². The lowest BCUT2D eigenvalue weighted by atomic mass is 10.2. The molecule has 1 aromatic carbocycles. The second-order valence-corrected chi connectivity index (χ2v) is 7.22. The summed E-state index contributed by atoms with van der Waals surface area (Å²) < 4.78 is 8.04. The third-order valence-corrected chi connectivity index (χ3v) is 4.67. The molecule has 1 heterocycles. The van der Waals surface area contributed by atoms with Gasteiger partial charge in [-0.1, -0.05) is 28.1 Å². The maximum absolute atomic E-state index is 5.88. The van der Waals surface area contributed by atoms with Gasteiger partial charge in [0, 0.05) is 15.9 Å². The molecule has 0 saturated heterocycles. The number of hydrogen-bond acceptors (Lipinski definition) is 3. The molecule has 5 heteroatoms. The molecule has 1 aromatic heterocycles. The van der Waals surface area contributed by atoms with Crippen molar-refractivity contribution < 1.29 is 4.74 Å². The van der Waals surface area contributed by atoms with Gasteiger partial charge in [0.05, 0.1) is 10.4 Å². The molecule has 2 nitrogen and oxygen atoms in total. The van der Waals surface area contributed by atoms with E-state index in [1.54, 1.807) is 11.3 Å². The summed E-state index contributed by atoms with van der Waals surface area (Å²) in [6.07, 6.45) is -0.0414. The van der Waals surface area contributed by atoms with Crippen molar-refractivity contribution in [3.63, 3.8) is 0 Å². The van der Waals surface area contributed by atoms with Crippen LogP contribution in [0.3, 0.4) is 0 Å². The lowest BCUT2D eigenvalue weighted by Gasteiger charge is -2.14. The molecule has 0 amide bonds. The highest BCUT2D eigenvalue weighted by Crippen LogP contribution is 2.29. The van der Waals surface area contributed by atoms with Crippen LogP contribution in [0.5, 0.6) is 0 Å². The van der Waals surface area contributed by atoms with E-state index in [4.69, 9.17) is 10.5 Å². The summed E-state index contributed by atoms with van der Waals surface area (Å²) in [4.78, 5) is 1.15. The third-order valence-electron chi connectivity index (χ3n) is 2.47. The van der Waals surface area contributed by atoms with Gasteiger partial charge in [0.1, 0.15) is 6.10 Å². The zero-order chi connectivity index (χ0) is 13.0. The first-order chi connectivity index (χ1) is 8.69. The Morgan fingerprint density at radius 2 is 2.06 bits per heavy atom. The van der Waals surface area contributed by atoms with E-state index in [-0.39, 0.29) is 6.10 Å². The summed E-state index contributed by atoms with van der Waals surface area (Å²) in [5, 5.41) is 0. The Hall–Kier alpha value is -0.200.